The summed E-state index contributed by atoms with van der Waals surface area (Å²) < 4.78 is 0. The highest BCUT2D eigenvalue weighted by atomic mass is 32.1. The Hall–Kier alpha value is -1.36. The maximum Gasteiger partial charge on any atom is 0.253 e. The highest BCUT2D eigenvalue weighted by molar-refractivity contribution is 7.80. The molecule has 3 N–H and O–H groups in total. The third kappa shape index (κ3) is 3.30. The Morgan fingerprint density at radius 2 is 2.24 bits per heavy atom. The summed E-state index contributed by atoms with van der Waals surface area (Å²) in [6, 6.07) is 2.50. The van der Waals surface area contributed by atoms with Crippen LogP contribution in [0.4, 0.5) is 0 Å². The molecule has 0 bridgehead atoms. The molecule has 1 aromatic heterocycles. The van der Waals surface area contributed by atoms with Crippen LogP contribution in [0.2, 0.25) is 0 Å². The zero-order valence-electron chi connectivity index (χ0n) is 10.1. The van der Waals surface area contributed by atoms with Crippen molar-refractivity contribution in [2.45, 2.75) is 39.3 Å². The van der Waals surface area contributed by atoms with Crippen LogP contribution in [0.5, 0.6) is 0 Å². The minimum atomic E-state index is -0.0378. The van der Waals surface area contributed by atoms with Crippen LogP contribution in [0.15, 0.2) is 10.9 Å². The molecule has 0 amide bonds. The predicted octanol–water partition coefficient (Wildman–Crippen LogP) is 1.12. The summed E-state index contributed by atoms with van der Waals surface area (Å²) in [4.78, 5) is 14.5. The van der Waals surface area contributed by atoms with Crippen LogP contribution in [0, 0.1) is 13.8 Å². The van der Waals surface area contributed by atoms with E-state index < -0.39 is 0 Å². The van der Waals surface area contributed by atoms with Gasteiger partial charge in [-0.15, -0.1) is 0 Å². The van der Waals surface area contributed by atoms with Gasteiger partial charge in [-0.25, -0.2) is 0 Å². The van der Waals surface area contributed by atoms with Crippen molar-refractivity contribution in [1.29, 1.82) is 0 Å². The van der Waals surface area contributed by atoms with E-state index in [-0.39, 0.29) is 5.56 Å². The first-order valence-corrected chi connectivity index (χ1v) is 6.21. The van der Waals surface area contributed by atoms with Crippen LogP contribution >= 0.6 is 12.2 Å². The number of hydrogen-bond donors (Lipinski definition) is 3. The standard InChI is InChI=1S/C12H17N3OS/c1-7-5-8(2)14-11(16)10(7)6-13-12(17)15-9-3-4-9/h5,9H,3-4,6H2,1-2H3,(H,14,16)(H2,13,15,17). The Labute approximate surface area is 106 Å². The number of aromatic amines is 1. The maximum absolute atomic E-state index is 11.7. The smallest absolute Gasteiger partial charge is 0.253 e. The largest absolute Gasteiger partial charge is 0.360 e. The maximum atomic E-state index is 11.7. The van der Waals surface area contributed by atoms with Gasteiger partial charge in [0, 0.05) is 23.8 Å². The number of pyridine rings is 1. The van der Waals surface area contributed by atoms with E-state index in [4.69, 9.17) is 12.2 Å². The molecule has 1 aromatic rings. The zero-order valence-corrected chi connectivity index (χ0v) is 10.9. The lowest BCUT2D eigenvalue weighted by Crippen LogP contribution is -2.37. The van der Waals surface area contributed by atoms with Gasteiger partial charge >= 0.3 is 0 Å². The number of H-pyrrole nitrogens is 1. The number of rotatable bonds is 3. The topological polar surface area (TPSA) is 56.9 Å². The first-order valence-electron chi connectivity index (χ1n) is 5.80. The molecule has 17 heavy (non-hydrogen) atoms. The van der Waals surface area contributed by atoms with Crippen LogP contribution in [0.3, 0.4) is 0 Å². The van der Waals surface area contributed by atoms with Crippen LogP contribution in [-0.2, 0) is 6.54 Å². The molecular weight excluding hydrogens is 234 g/mol. The second kappa shape index (κ2) is 4.87. The molecule has 0 radical (unpaired) electrons. The van der Waals surface area contributed by atoms with Crippen molar-refractivity contribution in [3.63, 3.8) is 0 Å². The van der Waals surface area contributed by atoms with Gasteiger partial charge in [0.05, 0.1) is 0 Å². The average molecular weight is 251 g/mol. The summed E-state index contributed by atoms with van der Waals surface area (Å²) in [5.41, 5.74) is 2.59. The lowest BCUT2D eigenvalue weighted by atomic mass is 10.1. The minimum Gasteiger partial charge on any atom is -0.360 e. The molecule has 92 valence electrons. The summed E-state index contributed by atoms with van der Waals surface area (Å²) in [7, 11) is 0. The van der Waals surface area contributed by atoms with Crippen molar-refractivity contribution >= 4 is 17.3 Å². The number of nitrogens with one attached hydrogen (secondary N) is 3. The zero-order chi connectivity index (χ0) is 12.4. The fraction of sp³-hybridized carbons (Fsp3) is 0.500. The quantitative estimate of drug-likeness (QED) is 0.705. The van der Waals surface area contributed by atoms with Gasteiger partial charge in [-0.05, 0) is 50.5 Å². The summed E-state index contributed by atoms with van der Waals surface area (Å²) in [5, 5.41) is 6.89. The molecule has 4 nitrogen and oxygen atoms in total. The molecule has 0 aromatic carbocycles. The van der Waals surface area contributed by atoms with Crippen LogP contribution in [0.1, 0.15) is 29.7 Å². The third-order valence-electron chi connectivity index (χ3n) is 2.83. The van der Waals surface area contributed by atoms with Crippen molar-refractivity contribution in [2.75, 3.05) is 0 Å². The number of hydrogen-bond acceptors (Lipinski definition) is 2. The van der Waals surface area contributed by atoms with Gasteiger partial charge in [-0.2, -0.15) is 0 Å². The lowest BCUT2D eigenvalue weighted by Gasteiger charge is -2.11. The molecule has 0 atom stereocenters. The molecule has 1 fully saturated rings. The van der Waals surface area contributed by atoms with E-state index in [1.54, 1.807) is 0 Å². The molecule has 1 saturated carbocycles. The molecule has 2 rings (SSSR count). The second-order valence-corrected chi connectivity index (χ2v) is 4.95. The van der Waals surface area contributed by atoms with E-state index >= 15 is 0 Å². The summed E-state index contributed by atoms with van der Waals surface area (Å²) in [6.07, 6.45) is 2.37. The molecule has 0 aliphatic heterocycles. The summed E-state index contributed by atoms with van der Waals surface area (Å²) >= 11 is 5.15. The molecular formula is C12H17N3OS. The predicted molar refractivity (Wildman–Crippen MR) is 72.1 cm³/mol. The molecule has 0 unspecified atom stereocenters. The van der Waals surface area contributed by atoms with Gasteiger partial charge in [0.15, 0.2) is 5.11 Å². The van der Waals surface area contributed by atoms with Crippen LogP contribution < -0.4 is 16.2 Å². The van der Waals surface area contributed by atoms with Crippen molar-refractivity contribution in [3.05, 3.63) is 33.2 Å². The van der Waals surface area contributed by atoms with E-state index in [2.05, 4.69) is 15.6 Å². The van der Waals surface area contributed by atoms with Crippen molar-refractivity contribution in [3.8, 4) is 0 Å². The van der Waals surface area contributed by atoms with Gasteiger partial charge in [0.25, 0.3) is 5.56 Å². The number of aromatic nitrogens is 1. The van der Waals surface area contributed by atoms with Gasteiger partial charge in [0.1, 0.15) is 0 Å². The van der Waals surface area contributed by atoms with E-state index in [0.717, 1.165) is 16.8 Å². The van der Waals surface area contributed by atoms with Gasteiger partial charge in [-0.1, -0.05) is 0 Å². The van der Waals surface area contributed by atoms with Gasteiger partial charge in [0.2, 0.25) is 0 Å². The summed E-state index contributed by atoms with van der Waals surface area (Å²) in [6.45, 7) is 4.29. The first-order chi connectivity index (χ1) is 8.06. The Kier molecular flexibility index (Phi) is 3.47. The Balaban J connectivity index is 1.98. The van der Waals surface area contributed by atoms with Crippen molar-refractivity contribution in [2.24, 2.45) is 0 Å². The van der Waals surface area contributed by atoms with Crippen LogP contribution in [0.25, 0.3) is 0 Å². The molecule has 1 heterocycles. The summed E-state index contributed by atoms with van der Waals surface area (Å²) in [5.74, 6) is 0. The highest BCUT2D eigenvalue weighted by Crippen LogP contribution is 2.18. The first kappa shape index (κ1) is 12.1. The van der Waals surface area contributed by atoms with Crippen molar-refractivity contribution in [1.82, 2.24) is 15.6 Å². The van der Waals surface area contributed by atoms with E-state index in [9.17, 15) is 4.79 Å². The molecule has 1 aliphatic rings. The van der Waals surface area contributed by atoms with Gasteiger partial charge < -0.3 is 15.6 Å². The molecule has 0 spiro atoms. The number of thiocarbonyl (C=S) groups is 1. The average Bonchev–Trinajstić information content (AvgIpc) is 2.99. The van der Waals surface area contributed by atoms with Crippen LogP contribution in [-0.4, -0.2) is 16.1 Å². The normalized spacial score (nSPS) is 14.5. The molecule has 0 saturated heterocycles. The Morgan fingerprint density at radius 3 is 2.82 bits per heavy atom. The van der Waals surface area contributed by atoms with E-state index in [1.807, 2.05) is 19.9 Å². The fourth-order valence-electron chi connectivity index (χ4n) is 1.73. The third-order valence-corrected chi connectivity index (χ3v) is 3.09. The number of aryl methyl sites for hydroxylation is 2. The van der Waals surface area contributed by atoms with Gasteiger partial charge in [-0.3, -0.25) is 4.79 Å². The van der Waals surface area contributed by atoms with E-state index in [0.29, 0.717) is 17.7 Å². The van der Waals surface area contributed by atoms with E-state index in [1.165, 1.54) is 12.8 Å². The Bertz CT molecular complexity index is 491. The fourth-order valence-corrected chi connectivity index (χ4v) is 1.97. The molecule has 5 heteroatoms. The van der Waals surface area contributed by atoms with Crippen molar-refractivity contribution < 1.29 is 0 Å². The monoisotopic (exact) mass is 251 g/mol. The molecule has 1 aliphatic carbocycles. The Morgan fingerprint density at radius 1 is 1.53 bits per heavy atom. The SMILES string of the molecule is Cc1cc(C)c(CNC(=S)NC2CC2)c(=O)[nH]1. The lowest BCUT2D eigenvalue weighted by molar-refractivity contribution is 0.815. The highest BCUT2D eigenvalue weighted by Gasteiger charge is 2.21. The second-order valence-electron chi connectivity index (χ2n) is 4.54. The minimum absolute atomic E-state index is 0.0378.